The van der Waals surface area contributed by atoms with Gasteiger partial charge in [0.15, 0.2) is 0 Å². The van der Waals surface area contributed by atoms with Crippen LogP contribution >= 0.6 is 34.5 Å². The molecule has 2 aromatic carbocycles. The summed E-state index contributed by atoms with van der Waals surface area (Å²) in [5.41, 5.74) is 1.33. The standard InChI is InChI=1S/C32H36Cl2N2O3S2/c1-4-16-32(2)19-28(24-7-5-8-26(34)18-24)30(23-12-14-25(33)15-13-23)36(31(32)37)29(22-10-11-22)21-35(41(3,38)39)20-27-9-6-17-40-27/h4-9,12-15,17-18,22,28-30H,1,10-11,16,19-21H2,2-3H3/t28-,29-,30-,32+/m1/s1. The molecule has 1 aliphatic carbocycles. The number of hydrogen-bond donors (Lipinski definition) is 0. The highest BCUT2D eigenvalue weighted by Gasteiger charge is 2.53. The largest absolute Gasteiger partial charge is 0.330 e. The Morgan fingerprint density at radius 2 is 1.83 bits per heavy atom. The van der Waals surface area contributed by atoms with Crippen molar-refractivity contribution in [1.29, 1.82) is 0 Å². The lowest BCUT2D eigenvalue weighted by Crippen LogP contribution is -2.58. The van der Waals surface area contributed by atoms with Crippen LogP contribution in [0.3, 0.4) is 0 Å². The van der Waals surface area contributed by atoms with Gasteiger partial charge in [-0.15, -0.1) is 17.9 Å². The minimum Gasteiger partial charge on any atom is -0.330 e. The first-order valence-corrected chi connectivity index (χ1v) is 17.4. The molecule has 1 saturated carbocycles. The molecule has 1 amide bonds. The minimum absolute atomic E-state index is 0.0390. The summed E-state index contributed by atoms with van der Waals surface area (Å²) in [6, 6.07) is 18.9. The van der Waals surface area contributed by atoms with Crippen LogP contribution < -0.4 is 0 Å². The molecule has 2 aliphatic rings. The molecule has 41 heavy (non-hydrogen) atoms. The van der Waals surface area contributed by atoms with Gasteiger partial charge in [0.1, 0.15) is 0 Å². The third kappa shape index (κ3) is 6.75. The Bertz CT molecular complexity index is 1490. The molecular formula is C32H36Cl2N2O3S2. The number of carbonyl (C=O) groups is 1. The maximum absolute atomic E-state index is 14.7. The van der Waals surface area contributed by atoms with Crippen molar-refractivity contribution >= 4 is 50.5 Å². The number of halogens is 2. The molecule has 218 valence electrons. The van der Waals surface area contributed by atoms with E-state index in [1.165, 1.54) is 17.6 Å². The summed E-state index contributed by atoms with van der Waals surface area (Å²) in [6.07, 6.45) is 6.13. The third-order valence-corrected chi connectivity index (χ3v) is 11.0. The van der Waals surface area contributed by atoms with Crippen molar-refractivity contribution in [1.82, 2.24) is 9.21 Å². The Hall–Kier alpha value is -2.16. The molecule has 2 fully saturated rings. The lowest BCUT2D eigenvalue weighted by atomic mass is 9.67. The highest BCUT2D eigenvalue weighted by molar-refractivity contribution is 7.88. The maximum Gasteiger partial charge on any atom is 0.229 e. The van der Waals surface area contributed by atoms with E-state index in [4.69, 9.17) is 23.2 Å². The van der Waals surface area contributed by atoms with Gasteiger partial charge in [0.2, 0.25) is 15.9 Å². The van der Waals surface area contributed by atoms with E-state index in [1.54, 1.807) is 4.31 Å². The normalized spacial score (nSPS) is 24.0. The Kier molecular flexibility index (Phi) is 9.03. The minimum atomic E-state index is -3.54. The van der Waals surface area contributed by atoms with Gasteiger partial charge in [-0.05, 0) is 78.4 Å². The summed E-state index contributed by atoms with van der Waals surface area (Å²) in [5, 5.41) is 3.22. The summed E-state index contributed by atoms with van der Waals surface area (Å²) in [7, 11) is -3.54. The molecule has 1 aromatic heterocycles. The first-order valence-electron chi connectivity index (χ1n) is 13.9. The van der Waals surface area contributed by atoms with Crippen LogP contribution in [0.15, 0.2) is 78.7 Å². The summed E-state index contributed by atoms with van der Waals surface area (Å²) in [4.78, 5) is 17.7. The number of carbonyl (C=O) groups excluding carboxylic acids is 1. The monoisotopic (exact) mass is 630 g/mol. The quantitative estimate of drug-likeness (QED) is 0.202. The van der Waals surface area contributed by atoms with Crippen LogP contribution in [0.1, 0.15) is 60.6 Å². The third-order valence-electron chi connectivity index (χ3n) is 8.48. The van der Waals surface area contributed by atoms with Crippen molar-refractivity contribution in [2.75, 3.05) is 12.8 Å². The van der Waals surface area contributed by atoms with Crippen molar-refractivity contribution in [3.8, 4) is 0 Å². The second-order valence-electron chi connectivity index (χ2n) is 11.7. The Labute approximate surface area is 257 Å². The van der Waals surface area contributed by atoms with Crippen LogP contribution in [-0.4, -0.2) is 42.4 Å². The fourth-order valence-corrected chi connectivity index (χ4v) is 8.22. The number of thiophene rings is 1. The van der Waals surface area contributed by atoms with Crippen LogP contribution in [0.5, 0.6) is 0 Å². The molecule has 0 spiro atoms. The second kappa shape index (κ2) is 12.2. The van der Waals surface area contributed by atoms with Crippen molar-refractivity contribution < 1.29 is 13.2 Å². The molecule has 0 bridgehead atoms. The van der Waals surface area contributed by atoms with Gasteiger partial charge in [-0.25, -0.2) is 8.42 Å². The zero-order chi connectivity index (χ0) is 29.4. The molecular weight excluding hydrogens is 595 g/mol. The van der Waals surface area contributed by atoms with Gasteiger partial charge in [0.25, 0.3) is 0 Å². The van der Waals surface area contributed by atoms with Crippen LogP contribution in [0.2, 0.25) is 10.0 Å². The summed E-state index contributed by atoms with van der Waals surface area (Å²) >= 11 is 14.3. The fraction of sp³-hybridized carbons (Fsp3) is 0.406. The molecule has 0 unspecified atom stereocenters. The number of piperidine rings is 1. The average Bonchev–Trinajstić information content (AvgIpc) is 3.63. The lowest BCUT2D eigenvalue weighted by molar-refractivity contribution is -0.155. The predicted molar refractivity (Wildman–Crippen MR) is 169 cm³/mol. The van der Waals surface area contributed by atoms with Crippen LogP contribution in [0.25, 0.3) is 0 Å². The van der Waals surface area contributed by atoms with Gasteiger partial charge in [0, 0.05) is 40.0 Å². The van der Waals surface area contributed by atoms with E-state index in [1.807, 2.05) is 77.9 Å². The molecule has 2 heterocycles. The second-order valence-corrected chi connectivity index (χ2v) is 15.6. The zero-order valence-corrected chi connectivity index (χ0v) is 26.5. The summed E-state index contributed by atoms with van der Waals surface area (Å²) < 4.78 is 27.8. The molecule has 9 heteroatoms. The highest BCUT2D eigenvalue weighted by atomic mass is 35.5. The Morgan fingerprint density at radius 3 is 2.41 bits per heavy atom. The lowest BCUT2D eigenvalue weighted by Gasteiger charge is -2.52. The van der Waals surface area contributed by atoms with Crippen LogP contribution in [0.4, 0.5) is 0 Å². The molecule has 5 rings (SSSR count). The van der Waals surface area contributed by atoms with E-state index in [0.717, 1.165) is 28.8 Å². The number of nitrogens with zero attached hydrogens (tertiary/aromatic N) is 2. The van der Waals surface area contributed by atoms with Crippen molar-refractivity contribution in [2.45, 2.75) is 57.2 Å². The van der Waals surface area contributed by atoms with Gasteiger partial charge >= 0.3 is 0 Å². The molecule has 0 radical (unpaired) electrons. The van der Waals surface area contributed by atoms with Crippen molar-refractivity contribution in [2.24, 2.45) is 11.3 Å². The fourth-order valence-electron chi connectivity index (χ4n) is 6.30. The molecule has 0 N–H and O–H groups in total. The Balaban J connectivity index is 1.65. The van der Waals surface area contributed by atoms with E-state index in [9.17, 15) is 13.2 Å². The maximum atomic E-state index is 14.7. The van der Waals surface area contributed by atoms with Gasteiger partial charge in [-0.2, -0.15) is 4.31 Å². The van der Waals surface area contributed by atoms with Gasteiger partial charge in [-0.1, -0.05) is 66.5 Å². The number of rotatable bonds is 11. The van der Waals surface area contributed by atoms with E-state index >= 15 is 0 Å². The number of amides is 1. The molecule has 4 atom stereocenters. The smallest absolute Gasteiger partial charge is 0.229 e. The van der Waals surface area contributed by atoms with Crippen LogP contribution in [-0.2, 0) is 21.4 Å². The van der Waals surface area contributed by atoms with Crippen LogP contribution in [0, 0.1) is 11.3 Å². The SMILES string of the molecule is C=CC[C@@]1(C)C[C@H](c2cccc(Cl)c2)[C@@H](c2ccc(Cl)cc2)N([C@H](CN(Cc2cccs2)S(C)(=O)=O)C2CC2)C1=O. The number of allylic oxidation sites excluding steroid dienone is 1. The number of sulfonamides is 1. The van der Waals surface area contributed by atoms with Gasteiger partial charge in [0.05, 0.1) is 17.7 Å². The van der Waals surface area contributed by atoms with Gasteiger partial charge < -0.3 is 4.90 Å². The summed E-state index contributed by atoms with van der Waals surface area (Å²) in [6.45, 7) is 6.52. The van der Waals surface area contributed by atoms with E-state index in [-0.39, 0.29) is 42.9 Å². The van der Waals surface area contributed by atoms with Crippen molar-refractivity contribution in [3.63, 3.8) is 0 Å². The van der Waals surface area contributed by atoms with Gasteiger partial charge in [-0.3, -0.25) is 4.79 Å². The van der Waals surface area contributed by atoms with E-state index in [2.05, 4.69) is 12.6 Å². The molecule has 1 aliphatic heterocycles. The first kappa shape index (κ1) is 30.3. The number of likely N-dealkylation sites (tertiary alicyclic amines) is 1. The summed E-state index contributed by atoms with van der Waals surface area (Å²) in [5.74, 6) is 0.187. The topological polar surface area (TPSA) is 57.7 Å². The van der Waals surface area contributed by atoms with Crippen molar-refractivity contribution in [3.05, 3.63) is 105 Å². The van der Waals surface area contributed by atoms with E-state index in [0.29, 0.717) is 22.9 Å². The molecule has 1 saturated heterocycles. The molecule has 5 nitrogen and oxygen atoms in total. The number of hydrogen-bond acceptors (Lipinski definition) is 4. The predicted octanol–water partition coefficient (Wildman–Crippen LogP) is 7.93. The van der Waals surface area contributed by atoms with E-state index < -0.39 is 15.4 Å². The average molecular weight is 632 g/mol. The zero-order valence-electron chi connectivity index (χ0n) is 23.4. The Morgan fingerprint density at radius 1 is 1.10 bits per heavy atom. The number of benzene rings is 2. The molecule has 3 aromatic rings. The highest BCUT2D eigenvalue weighted by Crippen LogP contribution is 2.54. The first-order chi connectivity index (χ1) is 19.5.